The molecule has 0 aliphatic heterocycles. The van der Waals surface area contributed by atoms with Gasteiger partial charge in [-0.25, -0.2) is 0 Å². The second-order valence-electron chi connectivity index (χ2n) is 3.78. The van der Waals surface area contributed by atoms with Crippen molar-refractivity contribution in [1.29, 1.82) is 0 Å². The molecule has 0 aromatic heterocycles. The Morgan fingerprint density at radius 3 is 2.53 bits per heavy atom. The van der Waals surface area contributed by atoms with Crippen LogP contribution in [0.25, 0.3) is 0 Å². The summed E-state index contributed by atoms with van der Waals surface area (Å²) in [6.07, 6.45) is 4.92. The van der Waals surface area contributed by atoms with Gasteiger partial charge in [0.25, 0.3) is 0 Å². The monoisotopic (exact) mass is 207 g/mol. The van der Waals surface area contributed by atoms with E-state index in [4.69, 9.17) is 10.5 Å². The highest BCUT2D eigenvalue weighted by atomic mass is 16.5. The number of hydrogen-bond acceptors (Lipinski definition) is 2. The van der Waals surface area contributed by atoms with Gasteiger partial charge in [0.15, 0.2) is 0 Å². The molecule has 1 aromatic carbocycles. The molecular formula is C13H21NO. The van der Waals surface area contributed by atoms with Gasteiger partial charge in [-0.05, 0) is 25.0 Å². The first-order valence-electron chi connectivity index (χ1n) is 5.78. The maximum Gasteiger partial charge on any atom is 0.119 e. The van der Waals surface area contributed by atoms with Gasteiger partial charge >= 0.3 is 0 Å². The zero-order valence-electron chi connectivity index (χ0n) is 9.49. The average Bonchev–Trinajstić information content (AvgIpc) is 2.29. The van der Waals surface area contributed by atoms with E-state index in [2.05, 4.69) is 6.92 Å². The highest BCUT2D eigenvalue weighted by Gasteiger charge is 2.07. The Labute approximate surface area is 92.4 Å². The van der Waals surface area contributed by atoms with Crippen LogP contribution in [0.4, 0.5) is 0 Å². The highest BCUT2D eigenvalue weighted by Crippen LogP contribution is 2.13. The number of hydrogen-bond donors (Lipinski definition) is 1. The van der Waals surface area contributed by atoms with Crippen molar-refractivity contribution >= 4 is 0 Å². The van der Waals surface area contributed by atoms with Crippen molar-refractivity contribution in [3.8, 4) is 5.75 Å². The van der Waals surface area contributed by atoms with Gasteiger partial charge in [0.2, 0.25) is 0 Å². The molecule has 84 valence electrons. The summed E-state index contributed by atoms with van der Waals surface area (Å²) in [5, 5.41) is 0. The molecule has 0 saturated carbocycles. The minimum atomic E-state index is 0.166. The van der Waals surface area contributed by atoms with E-state index in [1.54, 1.807) is 0 Å². The predicted octanol–water partition coefficient (Wildman–Crippen LogP) is 2.97. The van der Waals surface area contributed by atoms with Crippen molar-refractivity contribution in [2.24, 2.45) is 5.73 Å². The van der Waals surface area contributed by atoms with Crippen LogP contribution >= 0.6 is 0 Å². The van der Waals surface area contributed by atoms with E-state index in [1.807, 2.05) is 30.3 Å². The lowest BCUT2D eigenvalue weighted by Crippen LogP contribution is -2.26. The van der Waals surface area contributed by atoms with Crippen molar-refractivity contribution in [2.75, 3.05) is 6.54 Å². The minimum absolute atomic E-state index is 0.166. The van der Waals surface area contributed by atoms with Crippen molar-refractivity contribution in [3.05, 3.63) is 30.3 Å². The Balaban J connectivity index is 2.33. The summed E-state index contributed by atoms with van der Waals surface area (Å²) in [5.41, 5.74) is 5.68. The minimum Gasteiger partial charge on any atom is -0.489 e. The average molecular weight is 207 g/mol. The molecule has 1 rings (SSSR count). The molecule has 1 atom stereocenters. The first-order valence-corrected chi connectivity index (χ1v) is 5.78. The molecule has 0 radical (unpaired) electrons. The van der Waals surface area contributed by atoms with Crippen LogP contribution in [-0.2, 0) is 0 Å². The van der Waals surface area contributed by atoms with Gasteiger partial charge in [-0.3, -0.25) is 0 Å². The molecule has 0 heterocycles. The van der Waals surface area contributed by atoms with E-state index >= 15 is 0 Å². The number of unbranched alkanes of at least 4 members (excludes halogenated alkanes) is 2. The molecule has 2 nitrogen and oxygen atoms in total. The molecule has 0 amide bonds. The van der Waals surface area contributed by atoms with Gasteiger partial charge in [-0.2, -0.15) is 0 Å². The molecule has 0 fully saturated rings. The van der Waals surface area contributed by atoms with E-state index in [1.165, 1.54) is 19.3 Å². The Morgan fingerprint density at radius 1 is 1.20 bits per heavy atom. The number of rotatable bonds is 7. The van der Waals surface area contributed by atoms with Gasteiger partial charge in [-0.1, -0.05) is 38.0 Å². The van der Waals surface area contributed by atoms with Crippen LogP contribution in [0.15, 0.2) is 30.3 Å². The number of para-hydroxylation sites is 1. The lowest BCUT2D eigenvalue weighted by atomic mass is 10.1. The van der Waals surface area contributed by atoms with Crippen molar-refractivity contribution < 1.29 is 4.74 Å². The van der Waals surface area contributed by atoms with Crippen LogP contribution in [0.2, 0.25) is 0 Å². The molecule has 2 heteroatoms. The molecule has 0 aliphatic carbocycles. The molecule has 0 spiro atoms. The molecule has 1 unspecified atom stereocenters. The Bertz CT molecular complexity index is 248. The maximum absolute atomic E-state index is 5.79. The number of ether oxygens (including phenoxy) is 1. The molecule has 2 N–H and O–H groups in total. The fourth-order valence-electron chi connectivity index (χ4n) is 1.54. The van der Waals surface area contributed by atoms with Crippen molar-refractivity contribution in [2.45, 2.75) is 38.7 Å². The second kappa shape index (κ2) is 7.30. The Morgan fingerprint density at radius 2 is 1.93 bits per heavy atom. The van der Waals surface area contributed by atoms with Gasteiger partial charge in [0.1, 0.15) is 11.9 Å². The first kappa shape index (κ1) is 12.1. The van der Waals surface area contributed by atoms with E-state index < -0.39 is 0 Å². The summed E-state index contributed by atoms with van der Waals surface area (Å²) in [4.78, 5) is 0. The van der Waals surface area contributed by atoms with Crippen LogP contribution < -0.4 is 10.5 Å². The van der Waals surface area contributed by atoms with E-state index in [-0.39, 0.29) is 6.10 Å². The third kappa shape index (κ3) is 4.84. The maximum atomic E-state index is 5.79. The highest BCUT2D eigenvalue weighted by molar-refractivity contribution is 5.21. The third-order valence-electron chi connectivity index (χ3n) is 2.44. The van der Waals surface area contributed by atoms with Crippen LogP contribution in [0.3, 0.4) is 0 Å². The molecule has 0 aliphatic rings. The first-order chi connectivity index (χ1) is 7.36. The predicted molar refractivity (Wildman–Crippen MR) is 64.1 cm³/mol. The van der Waals surface area contributed by atoms with Gasteiger partial charge in [-0.15, -0.1) is 0 Å². The smallest absolute Gasteiger partial charge is 0.119 e. The SMILES string of the molecule is CCCCCC(CN)Oc1ccccc1. The molecular weight excluding hydrogens is 186 g/mol. The van der Waals surface area contributed by atoms with Crippen LogP contribution in [-0.4, -0.2) is 12.6 Å². The van der Waals surface area contributed by atoms with Crippen LogP contribution in [0.1, 0.15) is 32.6 Å². The van der Waals surface area contributed by atoms with E-state index in [9.17, 15) is 0 Å². The van der Waals surface area contributed by atoms with Crippen molar-refractivity contribution in [3.63, 3.8) is 0 Å². The van der Waals surface area contributed by atoms with Crippen LogP contribution in [0.5, 0.6) is 5.75 Å². The van der Waals surface area contributed by atoms with Crippen LogP contribution in [0, 0.1) is 0 Å². The normalized spacial score (nSPS) is 12.4. The lowest BCUT2D eigenvalue weighted by molar-refractivity contribution is 0.195. The fourth-order valence-corrected chi connectivity index (χ4v) is 1.54. The largest absolute Gasteiger partial charge is 0.489 e. The summed E-state index contributed by atoms with van der Waals surface area (Å²) in [7, 11) is 0. The molecule has 0 bridgehead atoms. The third-order valence-corrected chi connectivity index (χ3v) is 2.44. The zero-order chi connectivity index (χ0) is 10.9. The topological polar surface area (TPSA) is 35.2 Å². The molecule has 0 saturated heterocycles. The quantitative estimate of drug-likeness (QED) is 0.698. The van der Waals surface area contributed by atoms with Gasteiger partial charge in [0, 0.05) is 6.54 Å². The summed E-state index contributed by atoms with van der Waals surface area (Å²) in [5.74, 6) is 0.921. The number of benzene rings is 1. The number of nitrogens with two attached hydrogens (primary N) is 1. The summed E-state index contributed by atoms with van der Waals surface area (Å²) in [6, 6.07) is 9.90. The Kier molecular flexibility index (Phi) is 5.86. The lowest BCUT2D eigenvalue weighted by Gasteiger charge is -2.17. The molecule has 15 heavy (non-hydrogen) atoms. The second-order valence-corrected chi connectivity index (χ2v) is 3.78. The summed E-state index contributed by atoms with van der Waals surface area (Å²) in [6.45, 7) is 2.80. The fraction of sp³-hybridized carbons (Fsp3) is 0.538. The van der Waals surface area contributed by atoms with E-state index in [0.717, 1.165) is 12.2 Å². The Hall–Kier alpha value is -1.02. The standard InChI is InChI=1S/C13H21NO/c1-2-3-5-10-13(11-14)15-12-8-6-4-7-9-12/h4,6-9,13H,2-3,5,10-11,14H2,1H3. The van der Waals surface area contributed by atoms with Gasteiger partial charge in [0.05, 0.1) is 0 Å². The van der Waals surface area contributed by atoms with Crippen molar-refractivity contribution in [1.82, 2.24) is 0 Å². The molecule has 1 aromatic rings. The summed E-state index contributed by atoms with van der Waals surface area (Å²) >= 11 is 0. The van der Waals surface area contributed by atoms with E-state index in [0.29, 0.717) is 6.54 Å². The zero-order valence-corrected chi connectivity index (χ0v) is 9.49. The summed E-state index contributed by atoms with van der Waals surface area (Å²) < 4.78 is 5.79. The van der Waals surface area contributed by atoms with Gasteiger partial charge < -0.3 is 10.5 Å².